The van der Waals surface area contributed by atoms with Crippen molar-refractivity contribution in [2.45, 2.75) is 51.2 Å². The maximum Gasteiger partial charge on any atom is 0.490 e. The van der Waals surface area contributed by atoms with Gasteiger partial charge in [-0.2, -0.15) is 17.5 Å². The second-order valence-corrected chi connectivity index (χ2v) is 9.49. The van der Waals surface area contributed by atoms with Crippen LogP contribution in [0.15, 0.2) is 18.5 Å². The summed E-state index contributed by atoms with van der Waals surface area (Å²) in [7, 11) is -3.11. The molecule has 1 aromatic rings. The third-order valence-corrected chi connectivity index (χ3v) is 6.77. The molecule has 12 heteroatoms. The SMILES string of the molecule is CCS(=O)(=O)N1CC2(CC(OCc3cnccc3C)CCO2)C1.O=C(O)C(F)(F)F. The van der Waals surface area contributed by atoms with Crippen LogP contribution in [0.4, 0.5) is 13.2 Å². The van der Waals surface area contributed by atoms with Gasteiger partial charge in [0.15, 0.2) is 0 Å². The van der Waals surface area contributed by atoms with Gasteiger partial charge in [0.2, 0.25) is 10.0 Å². The second-order valence-electron chi connectivity index (χ2n) is 7.23. The Bertz CT molecular complexity index is 841. The molecule has 1 unspecified atom stereocenters. The lowest BCUT2D eigenvalue weighted by Gasteiger charge is -2.52. The minimum absolute atomic E-state index is 0.106. The number of aliphatic carboxylic acids is 1. The molecule has 8 nitrogen and oxygen atoms in total. The Morgan fingerprint density at radius 3 is 2.60 bits per heavy atom. The van der Waals surface area contributed by atoms with Crippen LogP contribution in [-0.4, -0.2) is 72.1 Å². The number of carbonyl (C=O) groups is 1. The second kappa shape index (κ2) is 9.58. The van der Waals surface area contributed by atoms with E-state index in [4.69, 9.17) is 19.4 Å². The van der Waals surface area contributed by atoms with Gasteiger partial charge in [0.25, 0.3) is 0 Å². The highest BCUT2D eigenvalue weighted by atomic mass is 32.2. The number of hydrogen-bond donors (Lipinski definition) is 1. The van der Waals surface area contributed by atoms with Gasteiger partial charge in [0, 0.05) is 38.5 Å². The topological polar surface area (TPSA) is 106 Å². The number of rotatable bonds is 5. The summed E-state index contributed by atoms with van der Waals surface area (Å²) < 4.78 is 68.9. The molecule has 2 fully saturated rings. The van der Waals surface area contributed by atoms with Gasteiger partial charge in [0.05, 0.1) is 24.1 Å². The van der Waals surface area contributed by atoms with Crippen molar-refractivity contribution < 1.29 is 41.0 Å². The fraction of sp³-hybridized carbons (Fsp3) is 0.667. The number of pyridine rings is 1. The molecule has 0 aromatic carbocycles. The van der Waals surface area contributed by atoms with Crippen LogP contribution in [0.25, 0.3) is 0 Å². The van der Waals surface area contributed by atoms with E-state index in [2.05, 4.69) is 4.98 Å². The first-order valence-corrected chi connectivity index (χ1v) is 10.9. The average molecular weight is 454 g/mol. The highest BCUT2D eigenvalue weighted by molar-refractivity contribution is 7.89. The molecule has 1 N–H and O–H groups in total. The van der Waals surface area contributed by atoms with E-state index >= 15 is 0 Å². The summed E-state index contributed by atoms with van der Waals surface area (Å²) in [6.45, 7) is 5.79. The molecular weight excluding hydrogens is 429 g/mol. The molecule has 3 rings (SSSR count). The third kappa shape index (κ3) is 6.37. The largest absolute Gasteiger partial charge is 0.490 e. The molecule has 0 saturated carbocycles. The van der Waals surface area contributed by atoms with E-state index in [0.29, 0.717) is 26.3 Å². The van der Waals surface area contributed by atoms with Gasteiger partial charge in [-0.25, -0.2) is 13.2 Å². The lowest BCUT2D eigenvalue weighted by molar-refractivity contribution is -0.192. The number of nitrogens with zero attached hydrogens (tertiary/aromatic N) is 2. The first-order chi connectivity index (χ1) is 13.9. The number of carboxylic acids is 1. The fourth-order valence-electron chi connectivity index (χ4n) is 3.18. The van der Waals surface area contributed by atoms with Crippen molar-refractivity contribution in [3.63, 3.8) is 0 Å². The van der Waals surface area contributed by atoms with Gasteiger partial charge in [-0.15, -0.1) is 0 Å². The van der Waals surface area contributed by atoms with E-state index in [1.54, 1.807) is 13.1 Å². The van der Waals surface area contributed by atoms with Crippen molar-refractivity contribution >= 4 is 16.0 Å². The van der Waals surface area contributed by atoms with Crippen molar-refractivity contribution in [3.05, 3.63) is 29.6 Å². The van der Waals surface area contributed by atoms with Crippen molar-refractivity contribution in [1.29, 1.82) is 0 Å². The minimum atomic E-state index is -5.08. The van der Waals surface area contributed by atoms with Crippen LogP contribution in [-0.2, 0) is 30.9 Å². The molecule has 1 atom stereocenters. The number of ether oxygens (including phenoxy) is 2. The fourth-order valence-corrected chi connectivity index (χ4v) is 4.41. The van der Waals surface area contributed by atoms with Crippen molar-refractivity contribution in [2.24, 2.45) is 0 Å². The Hall–Kier alpha value is -1.76. The zero-order valence-corrected chi connectivity index (χ0v) is 17.5. The van der Waals surface area contributed by atoms with Gasteiger partial charge in [-0.3, -0.25) is 4.98 Å². The molecule has 3 heterocycles. The summed E-state index contributed by atoms with van der Waals surface area (Å²) in [4.78, 5) is 13.0. The number of aryl methyl sites for hydroxylation is 1. The van der Waals surface area contributed by atoms with Gasteiger partial charge in [0.1, 0.15) is 0 Å². The zero-order valence-electron chi connectivity index (χ0n) is 16.7. The van der Waals surface area contributed by atoms with Crippen molar-refractivity contribution in [3.8, 4) is 0 Å². The number of alkyl halides is 3. The summed E-state index contributed by atoms with van der Waals surface area (Å²) in [6, 6.07) is 1.98. The minimum Gasteiger partial charge on any atom is -0.475 e. The van der Waals surface area contributed by atoms with E-state index in [0.717, 1.165) is 18.4 Å². The van der Waals surface area contributed by atoms with Crippen LogP contribution in [0, 0.1) is 6.92 Å². The molecule has 0 aliphatic carbocycles. The Kier molecular flexibility index (Phi) is 7.83. The lowest BCUT2D eigenvalue weighted by atomic mass is 9.86. The van der Waals surface area contributed by atoms with Crippen LogP contribution in [0.2, 0.25) is 0 Å². The lowest BCUT2D eigenvalue weighted by Crippen LogP contribution is -2.67. The van der Waals surface area contributed by atoms with E-state index in [1.807, 2.05) is 19.2 Å². The molecule has 0 bridgehead atoms. The third-order valence-electron chi connectivity index (χ3n) is 5.00. The van der Waals surface area contributed by atoms with Gasteiger partial charge >= 0.3 is 12.1 Å². The Morgan fingerprint density at radius 2 is 2.07 bits per heavy atom. The molecule has 2 saturated heterocycles. The van der Waals surface area contributed by atoms with Crippen LogP contribution in [0.5, 0.6) is 0 Å². The van der Waals surface area contributed by atoms with Crippen molar-refractivity contribution in [1.82, 2.24) is 9.29 Å². The summed E-state index contributed by atoms with van der Waals surface area (Å²) in [5, 5.41) is 7.12. The summed E-state index contributed by atoms with van der Waals surface area (Å²) in [6.07, 6.45) is 0.238. The highest BCUT2D eigenvalue weighted by Crippen LogP contribution is 2.37. The summed E-state index contributed by atoms with van der Waals surface area (Å²) >= 11 is 0. The molecule has 1 spiro atoms. The van der Waals surface area contributed by atoms with Crippen LogP contribution < -0.4 is 0 Å². The Labute approximate surface area is 173 Å². The molecule has 30 heavy (non-hydrogen) atoms. The normalized spacial score (nSPS) is 21.4. The number of hydrogen-bond acceptors (Lipinski definition) is 6. The number of carboxylic acid groups (broad SMARTS) is 1. The van der Waals surface area contributed by atoms with E-state index in [-0.39, 0.29) is 17.5 Å². The van der Waals surface area contributed by atoms with E-state index in [9.17, 15) is 21.6 Å². The zero-order chi connectivity index (χ0) is 22.6. The Balaban J connectivity index is 0.000000396. The summed E-state index contributed by atoms with van der Waals surface area (Å²) in [5.41, 5.74) is 1.91. The first kappa shape index (κ1) is 24.5. The highest BCUT2D eigenvalue weighted by Gasteiger charge is 2.51. The molecule has 0 amide bonds. The number of halogens is 3. The standard InChI is InChI=1S/C16H24N2O4S.C2HF3O2/c1-3-23(19,20)18-11-16(12-18)8-15(5-7-22-16)21-10-14-9-17-6-4-13(14)2;3-2(4,5)1(6)7/h4,6,9,15H,3,5,7-8,10-12H2,1-2H3;(H,6,7). The van der Waals surface area contributed by atoms with E-state index < -0.39 is 22.2 Å². The van der Waals surface area contributed by atoms with Gasteiger partial charge in [-0.05, 0) is 37.5 Å². The predicted molar refractivity (Wildman–Crippen MR) is 100 cm³/mol. The van der Waals surface area contributed by atoms with E-state index in [1.165, 1.54) is 9.87 Å². The van der Waals surface area contributed by atoms with Gasteiger partial charge < -0.3 is 14.6 Å². The number of sulfonamides is 1. The molecule has 0 radical (unpaired) electrons. The molecular formula is C18H25F3N2O6S. The smallest absolute Gasteiger partial charge is 0.475 e. The maximum atomic E-state index is 11.9. The quantitative estimate of drug-likeness (QED) is 0.726. The van der Waals surface area contributed by atoms with Gasteiger partial charge in [-0.1, -0.05) is 0 Å². The average Bonchev–Trinajstić information content (AvgIpc) is 2.65. The Morgan fingerprint density at radius 1 is 1.43 bits per heavy atom. The van der Waals surface area contributed by atoms with Crippen LogP contribution >= 0.6 is 0 Å². The van der Waals surface area contributed by atoms with Crippen LogP contribution in [0.3, 0.4) is 0 Å². The molecule has 2 aliphatic rings. The molecule has 2 aliphatic heterocycles. The van der Waals surface area contributed by atoms with Crippen molar-refractivity contribution in [2.75, 3.05) is 25.4 Å². The number of aromatic nitrogens is 1. The molecule has 170 valence electrons. The summed E-state index contributed by atoms with van der Waals surface area (Å²) in [5.74, 6) is -2.61. The molecule has 1 aromatic heterocycles. The predicted octanol–water partition coefficient (Wildman–Crippen LogP) is 2.12. The maximum absolute atomic E-state index is 11.9. The first-order valence-electron chi connectivity index (χ1n) is 9.31. The monoisotopic (exact) mass is 454 g/mol. The van der Waals surface area contributed by atoms with Crippen LogP contribution in [0.1, 0.15) is 30.9 Å².